The van der Waals surface area contributed by atoms with Crippen LogP contribution in [0.5, 0.6) is 0 Å². The molecule has 2 N–H and O–H groups in total. The second-order valence-corrected chi connectivity index (χ2v) is 15.1. The molecule has 6 aliphatic rings. The molecule has 4 aromatic heterocycles. The van der Waals surface area contributed by atoms with Gasteiger partial charge in [0, 0.05) is 73.1 Å². The van der Waals surface area contributed by atoms with E-state index in [4.69, 9.17) is 19.7 Å². The third kappa shape index (κ3) is 5.92. The van der Waals surface area contributed by atoms with E-state index in [0.717, 1.165) is 72.7 Å². The average Bonchev–Trinajstić information content (AvgIpc) is 3.83. The standard InChI is InChI=1S/2C21H22N4O2/c2*26-17-9-2-1-7-14-19-15(17)13-27-21(19,18-10-4-6-12-23-18)25-24-20(14)16-8-3-5-11-22-16/h2*3-6,8,10-12,14-15,19,25H,1-2,7,9,13H2/t2*14-,15-,19+,21-/m00/s1. The molecule has 4 aromatic rings. The van der Waals surface area contributed by atoms with Crippen LogP contribution in [-0.2, 0) is 30.5 Å². The maximum atomic E-state index is 12.9. The van der Waals surface area contributed by atoms with Gasteiger partial charge in [0.1, 0.15) is 11.6 Å². The molecule has 2 saturated heterocycles. The van der Waals surface area contributed by atoms with Gasteiger partial charge in [-0.15, -0.1) is 0 Å². The average molecular weight is 725 g/mol. The van der Waals surface area contributed by atoms with Crippen LogP contribution in [0.1, 0.15) is 74.1 Å². The van der Waals surface area contributed by atoms with Gasteiger partial charge in [-0.3, -0.25) is 40.4 Å². The lowest BCUT2D eigenvalue weighted by molar-refractivity contribution is -0.126. The molecule has 0 aromatic carbocycles. The predicted octanol–water partition coefficient (Wildman–Crippen LogP) is 5.32. The third-order valence-electron chi connectivity index (χ3n) is 12.2. The summed E-state index contributed by atoms with van der Waals surface area (Å²) in [5.41, 5.74) is 10.0. The van der Waals surface area contributed by atoms with E-state index in [0.29, 0.717) is 37.6 Å². The number of hydrazone groups is 2. The fourth-order valence-corrected chi connectivity index (χ4v) is 9.75. The summed E-state index contributed by atoms with van der Waals surface area (Å²) in [7, 11) is 0. The molecule has 0 spiro atoms. The van der Waals surface area contributed by atoms with Crippen molar-refractivity contribution in [2.45, 2.75) is 62.8 Å². The number of nitrogens with zero attached hydrogens (tertiary/aromatic N) is 6. The molecule has 276 valence electrons. The number of carbonyl (C=O) groups is 2. The summed E-state index contributed by atoms with van der Waals surface area (Å²) in [5, 5.41) is 9.47. The Hall–Kier alpha value is -5.20. The molecule has 0 amide bonds. The number of hydrogen-bond acceptors (Lipinski definition) is 12. The molecule has 0 unspecified atom stereocenters. The first-order chi connectivity index (χ1) is 26.6. The summed E-state index contributed by atoms with van der Waals surface area (Å²) in [4.78, 5) is 44.0. The molecule has 4 fully saturated rings. The van der Waals surface area contributed by atoms with Crippen molar-refractivity contribution in [3.63, 3.8) is 0 Å². The molecule has 12 heteroatoms. The number of nitrogens with one attached hydrogen (secondary N) is 2. The van der Waals surface area contributed by atoms with Gasteiger partial charge in [-0.05, 0) is 74.2 Å². The van der Waals surface area contributed by atoms with Crippen LogP contribution in [0.2, 0.25) is 0 Å². The maximum Gasteiger partial charge on any atom is 0.200 e. The molecule has 2 saturated carbocycles. The number of ketones is 2. The SMILES string of the molecule is O=C1CCCC[C@@H]2C(c3ccccn3)=NN[C@@]3(c4ccccn4)OC[C@@H]1[C@@H]23.O=C1CCCC[C@@H]2C(c3ccccn3)=NN[C@@]3(c4ccccn4)OC[C@@H]1[C@@H]23. The molecule has 54 heavy (non-hydrogen) atoms. The van der Waals surface area contributed by atoms with Gasteiger partial charge in [0.15, 0.2) is 0 Å². The zero-order chi connectivity index (χ0) is 36.5. The van der Waals surface area contributed by atoms with Crippen LogP contribution in [0.15, 0.2) is 108 Å². The summed E-state index contributed by atoms with van der Waals surface area (Å²) in [6.07, 6.45) is 14.2. The lowest BCUT2D eigenvalue weighted by atomic mass is 9.67. The van der Waals surface area contributed by atoms with Crippen molar-refractivity contribution in [2.24, 2.45) is 45.7 Å². The van der Waals surface area contributed by atoms with Crippen molar-refractivity contribution >= 4 is 23.0 Å². The number of Topliss-reactive ketones (excluding diaryl/α,β-unsaturated/α-hetero) is 2. The van der Waals surface area contributed by atoms with Crippen LogP contribution in [0.25, 0.3) is 0 Å². The van der Waals surface area contributed by atoms with E-state index in [1.54, 1.807) is 24.8 Å². The highest BCUT2D eigenvalue weighted by Gasteiger charge is 2.61. The van der Waals surface area contributed by atoms with Crippen molar-refractivity contribution in [3.8, 4) is 0 Å². The van der Waals surface area contributed by atoms with E-state index in [1.807, 2.05) is 72.8 Å². The molecule has 4 aliphatic heterocycles. The largest absolute Gasteiger partial charge is 0.348 e. The van der Waals surface area contributed by atoms with Crippen LogP contribution in [0, 0.1) is 35.5 Å². The minimum absolute atomic E-state index is 0.0327. The highest BCUT2D eigenvalue weighted by atomic mass is 16.5. The molecule has 0 radical (unpaired) electrons. The number of ether oxygens (including phenoxy) is 2. The lowest BCUT2D eigenvalue weighted by Crippen LogP contribution is -2.55. The first-order valence-electron chi connectivity index (χ1n) is 19.3. The van der Waals surface area contributed by atoms with Gasteiger partial charge in [-0.1, -0.05) is 37.1 Å². The summed E-state index contributed by atoms with van der Waals surface area (Å²) in [5.74, 6) is 0.473. The molecule has 8 heterocycles. The van der Waals surface area contributed by atoms with Gasteiger partial charge >= 0.3 is 0 Å². The van der Waals surface area contributed by atoms with Gasteiger partial charge in [-0.25, -0.2) is 0 Å². The first-order valence-corrected chi connectivity index (χ1v) is 19.3. The van der Waals surface area contributed by atoms with Crippen molar-refractivity contribution in [1.82, 2.24) is 30.8 Å². The molecular weight excluding hydrogens is 681 g/mol. The minimum Gasteiger partial charge on any atom is -0.348 e. The maximum absolute atomic E-state index is 12.9. The highest BCUT2D eigenvalue weighted by Crippen LogP contribution is 2.53. The van der Waals surface area contributed by atoms with Gasteiger partial charge in [0.2, 0.25) is 11.4 Å². The van der Waals surface area contributed by atoms with Crippen molar-refractivity contribution in [2.75, 3.05) is 13.2 Å². The summed E-state index contributed by atoms with van der Waals surface area (Å²) in [6.45, 7) is 0.823. The van der Waals surface area contributed by atoms with E-state index in [1.165, 1.54) is 0 Å². The molecular formula is C42H44N8O4. The highest BCUT2D eigenvalue weighted by molar-refractivity contribution is 6.02. The van der Waals surface area contributed by atoms with Crippen molar-refractivity contribution in [3.05, 3.63) is 120 Å². The Labute approximate surface area is 314 Å². The Morgan fingerprint density at radius 1 is 0.519 bits per heavy atom. The van der Waals surface area contributed by atoms with E-state index >= 15 is 0 Å². The molecule has 10 rings (SSSR count). The fraction of sp³-hybridized carbons (Fsp3) is 0.429. The van der Waals surface area contributed by atoms with E-state index in [9.17, 15) is 9.59 Å². The Morgan fingerprint density at radius 3 is 1.33 bits per heavy atom. The van der Waals surface area contributed by atoms with Gasteiger partial charge < -0.3 is 9.47 Å². The van der Waals surface area contributed by atoms with E-state index in [2.05, 4.69) is 30.8 Å². The zero-order valence-corrected chi connectivity index (χ0v) is 30.1. The minimum atomic E-state index is -0.845. The number of pyridine rings is 4. The Morgan fingerprint density at radius 2 is 0.944 bits per heavy atom. The van der Waals surface area contributed by atoms with Crippen molar-refractivity contribution in [1.29, 1.82) is 0 Å². The van der Waals surface area contributed by atoms with Gasteiger partial charge in [0.05, 0.1) is 47.4 Å². The predicted molar refractivity (Wildman–Crippen MR) is 199 cm³/mol. The first kappa shape index (κ1) is 34.6. The summed E-state index contributed by atoms with van der Waals surface area (Å²) >= 11 is 0. The molecule has 8 atom stereocenters. The second-order valence-electron chi connectivity index (χ2n) is 15.1. The monoisotopic (exact) mass is 724 g/mol. The molecule has 12 nitrogen and oxygen atoms in total. The Bertz CT molecular complexity index is 1890. The quantitative estimate of drug-likeness (QED) is 0.283. The van der Waals surface area contributed by atoms with Crippen molar-refractivity contribution < 1.29 is 19.1 Å². The number of aromatic nitrogens is 4. The number of hydrogen-bond donors (Lipinski definition) is 2. The van der Waals surface area contributed by atoms with Gasteiger partial charge in [-0.2, -0.15) is 10.2 Å². The summed E-state index contributed by atoms with van der Waals surface area (Å²) in [6, 6.07) is 23.3. The Balaban J connectivity index is 0.000000142. The van der Waals surface area contributed by atoms with Gasteiger partial charge in [0.25, 0.3) is 0 Å². The van der Waals surface area contributed by atoms with E-state index < -0.39 is 11.4 Å². The summed E-state index contributed by atoms with van der Waals surface area (Å²) < 4.78 is 12.6. The van der Waals surface area contributed by atoms with Crippen LogP contribution in [0.3, 0.4) is 0 Å². The van der Waals surface area contributed by atoms with Crippen LogP contribution >= 0.6 is 0 Å². The molecule has 2 aliphatic carbocycles. The normalized spacial score (nSPS) is 32.7. The topological polar surface area (TPSA) is 153 Å². The molecule has 0 bridgehead atoms. The zero-order valence-electron chi connectivity index (χ0n) is 30.1. The fourth-order valence-electron chi connectivity index (χ4n) is 9.75. The van der Waals surface area contributed by atoms with Crippen LogP contribution < -0.4 is 10.9 Å². The lowest BCUT2D eigenvalue weighted by Gasteiger charge is -2.43. The van der Waals surface area contributed by atoms with E-state index in [-0.39, 0.29) is 35.5 Å². The Kier molecular flexibility index (Phi) is 9.32. The smallest absolute Gasteiger partial charge is 0.200 e. The third-order valence-corrected chi connectivity index (χ3v) is 12.2. The number of carbonyl (C=O) groups excluding carboxylic acids is 2. The second kappa shape index (κ2) is 14.6. The van der Waals surface area contributed by atoms with Crippen LogP contribution in [0.4, 0.5) is 0 Å². The number of rotatable bonds is 4. The van der Waals surface area contributed by atoms with Crippen LogP contribution in [-0.4, -0.2) is 56.1 Å².